The maximum atomic E-state index is 5.66. The molecule has 1 aliphatic rings. The van der Waals surface area contributed by atoms with E-state index in [1.54, 1.807) is 7.05 Å². The standard InChI is InChI=1S/C16H28N4O2.HI/c1-12(2)15-9-14(22-19-15)10-18-16(17-3)20(4)7-8-21-11-13-5-6-13;/h9,12-13H,5-8,10-11H2,1-4H3,(H,17,18);1H. The van der Waals surface area contributed by atoms with E-state index >= 15 is 0 Å². The van der Waals surface area contributed by atoms with Gasteiger partial charge in [0.1, 0.15) is 0 Å². The fourth-order valence-electron chi connectivity index (χ4n) is 2.08. The predicted molar refractivity (Wildman–Crippen MR) is 102 cm³/mol. The van der Waals surface area contributed by atoms with Gasteiger partial charge in [0, 0.05) is 33.3 Å². The number of likely N-dealkylation sites (N-methyl/N-ethyl adjacent to an activating group) is 1. The quantitative estimate of drug-likeness (QED) is 0.294. The van der Waals surface area contributed by atoms with Gasteiger partial charge in [-0.25, -0.2) is 0 Å². The molecule has 0 aliphatic heterocycles. The van der Waals surface area contributed by atoms with Gasteiger partial charge in [-0.05, 0) is 24.7 Å². The summed E-state index contributed by atoms with van der Waals surface area (Å²) in [5, 5.41) is 7.35. The molecular formula is C16H29IN4O2. The first-order valence-corrected chi connectivity index (χ1v) is 8.05. The number of nitrogens with one attached hydrogen (secondary N) is 1. The normalized spacial score (nSPS) is 14.7. The highest BCUT2D eigenvalue weighted by atomic mass is 127. The molecule has 0 bridgehead atoms. The molecule has 23 heavy (non-hydrogen) atoms. The van der Waals surface area contributed by atoms with Gasteiger partial charge in [-0.1, -0.05) is 19.0 Å². The van der Waals surface area contributed by atoms with Gasteiger partial charge in [0.25, 0.3) is 0 Å². The van der Waals surface area contributed by atoms with Crippen LogP contribution in [0.5, 0.6) is 0 Å². The Bertz CT molecular complexity index is 486. The largest absolute Gasteiger partial charge is 0.379 e. The van der Waals surface area contributed by atoms with Crippen LogP contribution in [0.2, 0.25) is 0 Å². The van der Waals surface area contributed by atoms with Crippen LogP contribution in [0.15, 0.2) is 15.6 Å². The molecule has 0 unspecified atom stereocenters. The van der Waals surface area contributed by atoms with E-state index in [1.807, 2.05) is 13.1 Å². The average Bonchev–Trinajstić information content (AvgIpc) is 3.19. The third-order valence-corrected chi connectivity index (χ3v) is 3.78. The number of hydrogen-bond donors (Lipinski definition) is 1. The van der Waals surface area contributed by atoms with E-state index in [1.165, 1.54) is 12.8 Å². The minimum Gasteiger partial charge on any atom is -0.379 e. The number of guanidine groups is 1. The van der Waals surface area contributed by atoms with Gasteiger partial charge in [0.15, 0.2) is 11.7 Å². The van der Waals surface area contributed by atoms with Gasteiger partial charge < -0.3 is 19.5 Å². The maximum absolute atomic E-state index is 5.66. The molecule has 1 fully saturated rings. The Labute approximate surface area is 156 Å². The summed E-state index contributed by atoms with van der Waals surface area (Å²) in [4.78, 5) is 6.35. The summed E-state index contributed by atoms with van der Waals surface area (Å²) in [6.07, 6.45) is 2.66. The SMILES string of the molecule is CN=C(NCc1cc(C(C)C)no1)N(C)CCOCC1CC1.I. The highest BCUT2D eigenvalue weighted by Crippen LogP contribution is 2.28. The summed E-state index contributed by atoms with van der Waals surface area (Å²) in [5.41, 5.74) is 0.980. The lowest BCUT2D eigenvalue weighted by Crippen LogP contribution is -2.40. The van der Waals surface area contributed by atoms with E-state index < -0.39 is 0 Å². The Morgan fingerprint density at radius 3 is 2.83 bits per heavy atom. The molecule has 1 heterocycles. The second-order valence-corrected chi connectivity index (χ2v) is 6.21. The van der Waals surface area contributed by atoms with E-state index in [-0.39, 0.29) is 24.0 Å². The van der Waals surface area contributed by atoms with Gasteiger partial charge in [-0.15, -0.1) is 24.0 Å². The van der Waals surface area contributed by atoms with Crippen molar-refractivity contribution in [3.8, 4) is 0 Å². The molecule has 1 N–H and O–H groups in total. The Hall–Kier alpha value is -0.830. The van der Waals surface area contributed by atoms with Crippen LogP contribution in [0.3, 0.4) is 0 Å². The number of ether oxygens (including phenoxy) is 1. The van der Waals surface area contributed by atoms with E-state index in [0.717, 1.165) is 43.1 Å². The van der Waals surface area contributed by atoms with Gasteiger partial charge in [0.05, 0.1) is 18.8 Å². The van der Waals surface area contributed by atoms with Crippen molar-refractivity contribution >= 4 is 29.9 Å². The predicted octanol–water partition coefficient (Wildman–Crippen LogP) is 2.85. The summed E-state index contributed by atoms with van der Waals surface area (Å²) < 4.78 is 11.0. The van der Waals surface area contributed by atoms with Crippen LogP contribution in [0.4, 0.5) is 0 Å². The van der Waals surface area contributed by atoms with E-state index in [0.29, 0.717) is 12.5 Å². The molecule has 0 saturated heterocycles. The van der Waals surface area contributed by atoms with Crippen molar-refractivity contribution in [1.82, 2.24) is 15.4 Å². The summed E-state index contributed by atoms with van der Waals surface area (Å²) in [7, 11) is 3.79. The van der Waals surface area contributed by atoms with Crippen LogP contribution in [0.1, 0.15) is 44.1 Å². The monoisotopic (exact) mass is 436 g/mol. The second kappa shape index (κ2) is 10.1. The van der Waals surface area contributed by atoms with Crippen molar-refractivity contribution in [2.45, 2.75) is 39.2 Å². The molecule has 2 rings (SSSR count). The number of rotatable bonds is 8. The number of nitrogens with zero attached hydrogens (tertiary/aromatic N) is 3. The van der Waals surface area contributed by atoms with Gasteiger partial charge >= 0.3 is 0 Å². The molecule has 1 aliphatic carbocycles. The summed E-state index contributed by atoms with van der Waals surface area (Å²) in [6, 6.07) is 1.99. The minimum atomic E-state index is 0. The first-order valence-electron chi connectivity index (χ1n) is 8.05. The molecule has 6 nitrogen and oxygen atoms in total. The zero-order chi connectivity index (χ0) is 15.9. The van der Waals surface area contributed by atoms with Crippen molar-refractivity contribution in [3.05, 3.63) is 17.5 Å². The minimum absolute atomic E-state index is 0. The molecule has 132 valence electrons. The molecule has 0 atom stereocenters. The van der Waals surface area contributed by atoms with Gasteiger partial charge in [0.2, 0.25) is 0 Å². The molecule has 0 spiro atoms. The third-order valence-electron chi connectivity index (χ3n) is 3.78. The first kappa shape index (κ1) is 20.2. The van der Waals surface area contributed by atoms with Crippen LogP contribution in [-0.2, 0) is 11.3 Å². The molecule has 0 radical (unpaired) electrons. The molecule has 1 saturated carbocycles. The number of halogens is 1. The molecule has 0 amide bonds. The molecular weight excluding hydrogens is 407 g/mol. The second-order valence-electron chi connectivity index (χ2n) is 6.21. The summed E-state index contributed by atoms with van der Waals surface area (Å²) >= 11 is 0. The Morgan fingerprint density at radius 1 is 1.52 bits per heavy atom. The highest BCUT2D eigenvalue weighted by molar-refractivity contribution is 14.0. The highest BCUT2D eigenvalue weighted by Gasteiger charge is 2.21. The van der Waals surface area contributed by atoms with Gasteiger partial charge in [-0.2, -0.15) is 0 Å². The Balaban J connectivity index is 0.00000264. The Morgan fingerprint density at radius 2 is 2.26 bits per heavy atom. The van der Waals surface area contributed by atoms with Gasteiger partial charge in [-0.3, -0.25) is 4.99 Å². The van der Waals surface area contributed by atoms with E-state index in [2.05, 4.69) is 34.2 Å². The third kappa shape index (κ3) is 7.07. The fraction of sp³-hybridized carbons (Fsp3) is 0.750. The Kier molecular flexibility index (Phi) is 8.90. The zero-order valence-electron chi connectivity index (χ0n) is 14.5. The lowest BCUT2D eigenvalue weighted by molar-refractivity contribution is 0.115. The van der Waals surface area contributed by atoms with Crippen molar-refractivity contribution in [3.63, 3.8) is 0 Å². The van der Waals surface area contributed by atoms with Crippen LogP contribution in [0, 0.1) is 5.92 Å². The topological polar surface area (TPSA) is 62.9 Å². The average molecular weight is 436 g/mol. The van der Waals surface area contributed by atoms with Crippen LogP contribution < -0.4 is 5.32 Å². The van der Waals surface area contributed by atoms with Crippen molar-refractivity contribution in [2.24, 2.45) is 10.9 Å². The van der Waals surface area contributed by atoms with E-state index in [9.17, 15) is 0 Å². The first-order chi connectivity index (χ1) is 10.6. The molecule has 0 aromatic carbocycles. The van der Waals surface area contributed by atoms with Crippen LogP contribution in [0.25, 0.3) is 0 Å². The van der Waals surface area contributed by atoms with Crippen molar-refractivity contribution in [1.29, 1.82) is 0 Å². The molecule has 1 aromatic rings. The van der Waals surface area contributed by atoms with Crippen molar-refractivity contribution in [2.75, 3.05) is 33.9 Å². The van der Waals surface area contributed by atoms with Crippen LogP contribution in [-0.4, -0.2) is 49.9 Å². The summed E-state index contributed by atoms with van der Waals surface area (Å²) in [6.45, 7) is 7.23. The fourth-order valence-corrected chi connectivity index (χ4v) is 2.08. The number of aliphatic imine (C=N–C) groups is 1. The molecule has 7 heteroatoms. The maximum Gasteiger partial charge on any atom is 0.193 e. The molecule has 1 aromatic heterocycles. The smallest absolute Gasteiger partial charge is 0.193 e. The van der Waals surface area contributed by atoms with Crippen molar-refractivity contribution < 1.29 is 9.26 Å². The van der Waals surface area contributed by atoms with Crippen LogP contribution >= 0.6 is 24.0 Å². The zero-order valence-corrected chi connectivity index (χ0v) is 16.9. The lowest BCUT2D eigenvalue weighted by atomic mass is 10.1. The summed E-state index contributed by atoms with van der Waals surface area (Å²) in [5.74, 6) is 2.84. The van der Waals surface area contributed by atoms with E-state index in [4.69, 9.17) is 9.26 Å². The number of aromatic nitrogens is 1. The lowest BCUT2D eigenvalue weighted by Gasteiger charge is -2.21. The number of hydrogen-bond acceptors (Lipinski definition) is 4.